The van der Waals surface area contributed by atoms with Crippen LogP contribution in [0.2, 0.25) is 0 Å². The van der Waals surface area contributed by atoms with E-state index in [0.29, 0.717) is 42.1 Å². The van der Waals surface area contributed by atoms with Gasteiger partial charge in [0.2, 0.25) is 5.91 Å². The number of nitrogens with two attached hydrogens (primary N) is 1. The Labute approximate surface area is 217 Å². The van der Waals surface area contributed by atoms with Crippen LogP contribution in [0.3, 0.4) is 0 Å². The molecule has 194 valence electrons. The van der Waals surface area contributed by atoms with Gasteiger partial charge in [0.25, 0.3) is 5.56 Å². The molecular weight excluding hydrogens is 486 g/mol. The number of hydrogen-bond donors (Lipinski definition) is 1. The highest BCUT2D eigenvalue weighted by Crippen LogP contribution is 2.32. The van der Waals surface area contributed by atoms with Gasteiger partial charge in [0.05, 0.1) is 5.69 Å². The molecule has 2 aromatic heterocycles. The fourth-order valence-electron chi connectivity index (χ4n) is 4.81. The van der Waals surface area contributed by atoms with Gasteiger partial charge in [-0.1, -0.05) is 25.1 Å². The van der Waals surface area contributed by atoms with Gasteiger partial charge in [-0.05, 0) is 47.9 Å². The number of urea groups is 1. The molecule has 0 atom stereocenters. The Morgan fingerprint density at radius 3 is 2.32 bits per heavy atom. The molecule has 38 heavy (non-hydrogen) atoms. The molecule has 0 unspecified atom stereocenters. The van der Waals surface area contributed by atoms with Crippen LogP contribution in [0.25, 0.3) is 16.8 Å². The zero-order chi connectivity index (χ0) is 27.1. The Morgan fingerprint density at radius 2 is 1.68 bits per heavy atom. The maximum absolute atomic E-state index is 13.5. The van der Waals surface area contributed by atoms with E-state index in [2.05, 4.69) is 5.10 Å². The third-order valence-electron chi connectivity index (χ3n) is 6.81. The number of nitrogens with zero attached hydrogens (tertiary/aromatic N) is 6. The van der Waals surface area contributed by atoms with Gasteiger partial charge in [-0.25, -0.2) is 18.8 Å². The highest BCUT2D eigenvalue weighted by molar-refractivity contribution is 6.07. The van der Waals surface area contributed by atoms with Crippen LogP contribution in [0.15, 0.2) is 70.6 Å². The van der Waals surface area contributed by atoms with Crippen LogP contribution in [0.1, 0.15) is 22.8 Å². The molecule has 1 aliphatic heterocycles. The molecular formula is C27H27N7O4. The molecule has 3 heterocycles. The average Bonchev–Trinajstić information content (AvgIpc) is 3.46. The molecule has 11 nitrogen and oxygen atoms in total. The molecule has 4 aromatic rings. The first kappa shape index (κ1) is 24.8. The molecule has 2 aromatic carbocycles. The minimum Gasteiger partial charge on any atom is -0.366 e. The number of aromatic nitrogens is 4. The highest BCUT2D eigenvalue weighted by atomic mass is 16.2. The fourth-order valence-corrected chi connectivity index (χ4v) is 4.81. The Balaban J connectivity index is 1.55. The minimum absolute atomic E-state index is 0.255. The van der Waals surface area contributed by atoms with E-state index in [1.54, 1.807) is 49.5 Å². The van der Waals surface area contributed by atoms with Crippen LogP contribution >= 0.6 is 0 Å². The van der Waals surface area contributed by atoms with Gasteiger partial charge in [-0.15, -0.1) is 0 Å². The van der Waals surface area contributed by atoms with E-state index in [-0.39, 0.29) is 17.3 Å². The van der Waals surface area contributed by atoms with Crippen molar-refractivity contribution < 1.29 is 9.59 Å². The van der Waals surface area contributed by atoms with Crippen molar-refractivity contribution in [1.29, 1.82) is 0 Å². The first-order valence-corrected chi connectivity index (χ1v) is 12.1. The molecule has 11 heteroatoms. The molecule has 0 saturated carbocycles. The van der Waals surface area contributed by atoms with E-state index in [0.717, 1.165) is 16.7 Å². The van der Waals surface area contributed by atoms with E-state index in [4.69, 9.17) is 5.73 Å². The fraction of sp³-hybridized carbons (Fsp3) is 0.222. The van der Waals surface area contributed by atoms with E-state index in [1.807, 2.05) is 31.2 Å². The van der Waals surface area contributed by atoms with Crippen molar-refractivity contribution in [3.05, 3.63) is 93.0 Å². The van der Waals surface area contributed by atoms with E-state index < -0.39 is 5.91 Å². The van der Waals surface area contributed by atoms with Gasteiger partial charge in [0.1, 0.15) is 12.0 Å². The quantitative estimate of drug-likeness (QED) is 0.422. The van der Waals surface area contributed by atoms with Gasteiger partial charge in [0.15, 0.2) is 0 Å². The third kappa shape index (κ3) is 4.07. The summed E-state index contributed by atoms with van der Waals surface area (Å²) in [6, 6.07) is 13.6. The largest absolute Gasteiger partial charge is 0.366 e. The van der Waals surface area contributed by atoms with Crippen molar-refractivity contribution in [1.82, 2.24) is 18.9 Å². The zero-order valence-electron chi connectivity index (χ0n) is 21.3. The normalized spacial score (nSPS) is 13.4. The summed E-state index contributed by atoms with van der Waals surface area (Å²) in [5.41, 5.74) is 9.14. The van der Waals surface area contributed by atoms with Gasteiger partial charge < -0.3 is 10.3 Å². The van der Waals surface area contributed by atoms with Crippen molar-refractivity contribution in [3.8, 4) is 16.8 Å². The molecule has 0 aliphatic carbocycles. The predicted octanol–water partition coefficient (Wildman–Crippen LogP) is 2.04. The van der Waals surface area contributed by atoms with Crippen molar-refractivity contribution >= 4 is 23.3 Å². The molecule has 1 aliphatic rings. The van der Waals surface area contributed by atoms with Crippen LogP contribution in [0.5, 0.6) is 0 Å². The van der Waals surface area contributed by atoms with E-state index in [9.17, 15) is 19.2 Å². The molecule has 0 spiro atoms. The second-order valence-electron chi connectivity index (χ2n) is 9.09. The topological polar surface area (TPSA) is 128 Å². The van der Waals surface area contributed by atoms with E-state index in [1.165, 1.54) is 25.0 Å². The maximum atomic E-state index is 13.5. The van der Waals surface area contributed by atoms with Crippen LogP contribution in [-0.4, -0.2) is 43.9 Å². The molecule has 1 saturated heterocycles. The molecule has 0 radical (unpaired) electrons. The van der Waals surface area contributed by atoms with Crippen LogP contribution < -0.4 is 26.8 Å². The third-order valence-corrected chi connectivity index (χ3v) is 6.81. The number of pyridine rings is 1. The van der Waals surface area contributed by atoms with Gasteiger partial charge >= 0.3 is 11.7 Å². The Bertz CT molecular complexity index is 1680. The second-order valence-corrected chi connectivity index (χ2v) is 9.09. The maximum Gasteiger partial charge on any atom is 0.350 e. The van der Waals surface area contributed by atoms with Crippen molar-refractivity contribution in [2.45, 2.75) is 13.3 Å². The number of aryl methyl sites for hydroxylation is 2. The summed E-state index contributed by atoms with van der Waals surface area (Å²) < 4.78 is 4.18. The van der Waals surface area contributed by atoms with Crippen molar-refractivity contribution in [3.63, 3.8) is 0 Å². The lowest BCUT2D eigenvalue weighted by molar-refractivity contribution is 0.1000. The lowest BCUT2D eigenvalue weighted by Crippen LogP contribution is -2.37. The van der Waals surface area contributed by atoms with E-state index >= 15 is 0 Å². The number of carbonyl (C=O) groups excluding carboxylic acids is 2. The van der Waals surface area contributed by atoms with Gasteiger partial charge in [0, 0.05) is 50.2 Å². The Kier molecular flexibility index (Phi) is 6.19. The predicted molar refractivity (Wildman–Crippen MR) is 144 cm³/mol. The summed E-state index contributed by atoms with van der Waals surface area (Å²) in [5, 5.41) is 3.99. The SMILES string of the molecule is CCc1c(-c2ccc(-n3cnn(C)c3=O)cc2)cn(C)c(=O)c1N1CCN(c2cccc(C(N)=O)c2)C1=O. The second kappa shape index (κ2) is 9.51. The average molecular weight is 514 g/mol. The first-order chi connectivity index (χ1) is 18.2. The smallest absolute Gasteiger partial charge is 0.350 e. The summed E-state index contributed by atoms with van der Waals surface area (Å²) in [6.45, 7) is 2.61. The minimum atomic E-state index is -0.579. The number of amides is 3. The standard InChI is InChI=1S/C27H27N7O4/c1-4-21-22(17-8-10-19(11-9-17)34-16-29-31(3)26(34)37)15-30(2)25(36)23(21)33-13-12-32(27(33)38)20-7-5-6-18(14-20)24(28)35/h5-11,14-16H,4,12-13H2,1-3H3,(H2,28,35). The number of primary amides is 1. The number of rotatable bonds is 6. The van der Waals surface area contributed by atoms with Crippen LogP contribution in [0, 0.1) is 0 Å². The highest BCUT2D eigenvalue weighted by Gasteiger charge is 2.34. The van der Waals surface area contributed by atoms with Crippen molar-refractivity contribution in [2.24, 2.45) is 19.8 Å². The summed E-state index contributed by atoms with van der Waals surface area (Å²) in [4.78, 5) is 53.9. The summed E-state index contributed by atoms with van der Waals surface area (Å²) in [5.74, 6) is -0.579. The van der Waals surface area contributed by atoms with Gasteiger partial charge in [-0.2, -0.15) is 5.10 Å². The summed E-state index contributed by atoms with van der Waals surface area (Å²) in [7, 11) is 3.24. The zero-order valence-corrected chi connectivity index (χ0v) is 21.3. The van der Waals surface area contributed by atoms with Gasteiger partial charge in [-0.3, -0.25) is 19.4 Å². The monoisotopic (exact) mass is 513 g/mol. The first-order valence-electron chi connectivity index (χ1n) is 12.1. The number of hydrogen-bond acceptors (Lipinski definition) is 5. The summed E-state index contributed by atoms with van der Waals surface area (Å²) >= 11 is 0. The number of carbonyl (C=O) groups is 2. The molecule has 5 rings (SSSR count). The molecule has 2 N–H and O–H groups in total. The van der Waals surface area contributed by atoms with Crippen LogP contribution in [0.4, 0.5) is 16.2 Å². The van der Waals surface area contributed by atoms with Crippen LogP contribution in [-0.2, 0) is 20.5 Å². The molecule has 3 amide bonds. The lowest BCUT2D eigenvalue weighted by Gasteiger charge is -2.23. The molecule has 1 fully saturated rings. The lowest BCUT2D eigenvalue weighted by atomic mass is 9.98. The number of anilines is 2. The molecule has 0 bridgehead atoms. The Morgan fingerprint density at radius 1 is 0.974 bits per heavy atom. The Hall–Kier alpha value is -4.93. The number of benzene rings is 2. The summed E-state index contributed by atoms with van der Waals surface area (Å²) in [6.07, 6.45) is 3.75. The van der Waals surface area contributed by atoms with Crippen molar-refractivity contribution in [2.75, 3.05) is 22.9 Å².